The van der Waals surface area contributed by atoms with Crippen molar-refractivity contribution in [3.8, 4) is 5.75 Å². The number of aromatic nitrogens is 3. The third-order valence-electron chi connectivity index (χ3n) is 3.43. The maximum absolute atomic E-state index is 12.2. The summed E-state index contributed by atoms with van der Waals surface area (Å²) in [5.41, 5.74) is 0.725. The van der Waals surface area contributed by atoms with Gasteiger partial charge in [0.1, 0.15) is 11.6 Å². The topological polar surface area (TPSA) is 69.0 Å². The van der Waals surface area contributed by atoms with Crippen LogP contribution in [-0.2, 0) is 11.3 Å². The van der Waals surface area contributed by atoms with Crippen LogP contribution in [0.15, 0.2) is 42.1 Å². The minimum Gasteiger partial charge on any atom is -0.494 e. The second kappa shape index (κ2) is 9.88. The van der Waals surface area contributed by atoms with Crippen molar-refractivity contribution in [2.75, 3.05) is 17.7 Å². The van der Waals surface area contributed by atoms with Gasteiger partial charge in [-0.15, -0.1) is 16.8 Å². The molecule has 0 saturated heterocycles. The molecule has 6 nitrogen and oxygen atoms in total. The van der Waals surface area contributed by atoms with Crippen molar-refractivity contribution in [2.24, 2.45) is 0 Å². The first-order valence-corrected chi connectivity index (χ1v) is 9.28. The van der Waals surface area contributed by atoms with Crippen LogP contribution in [0.1, 0.15) is 25.6 Å². The van der Waals surface area contributed by atoms with Crippen LogP contribution in [0, 0.1) is 6.92 Å². The summed E-state index contributed by atoms with van der Waals surface area (Å²) in [6, 6.07) is 7.44. The van der Waals surface area contributed by atoms with Gasteiger partial charge in [0.2, 0.25) is 5.91 Å². The Morgan fingerprint density at radius 1 is 1.44 bits per heavy atom. The fourth-order valence-corrected chi connectivity index (χ4v) is 2.93. The van der Waals surface area contributed by atoms with Crippen molar-refractivity contribution in [1.29, 1.82) is 0 Å². The maximum atomic E-state index is 12.2. The Morgan fingerprint density at radius 2 is 2.28 bits per heavy atom. The fourth-order valence-electron chi connectivity index (χ4n) is 2.13. The average molecular weight is 360 g/mol. The van der Waals surface area contributed by atoms with Crippen LogP contribution in [0.2, 0.25) is 0 Å². The lowest BCUT2D eigenvalue weighted by Gasteiger charge is -2.09. The zero-order chi connectivity index (χ0) is 18.1. The van der Waals surface area contributed by atoms with E-state index in [1.54, 1.807) is 6.08 Å². The number of allylic oxidation sites excluding steroid dienone is 1. The van der Waals surface area contributed by atoms with Crippen molar-refractivity contribution in [3.05, 3.63) is 42.7 Å². The number of rotatable bonds is 10. The van der Waals surface area contributed by atoms with E-state index in [9.17, 15) is 4.79 Å². The van der Waals surface area contributed by atoms with Gasteiger partial charge < -0.3 is 14.6 Å². The molecule has 0 unspecified atom stereocenters. The fraction of sp³-hybridized carbons (Fsp3) is 0.389. The molecule has 0 bridgehead atoms. The van der Waals surface area contributed by atoms with Crippen LogP contribution in [0.3, 0.4) is 0 Å². The summed E-state index contributed by atoms with van der Waals surface area (Å²) in [5, 5.41) is 11.7. The lowest BCUT2D eigenvalue weighted by Crippen LogP contribution is -2.14. The van der Waals surface area contributed by atoms with Gasteiger partial charge in [-0.3, -0.25) is 4.79 Å². The van der Waals surface area contributed by atoms with Crippen molar-refractivity contribution >= 4 is 23.4 Å². The second-order valence-corrected chi connectivity index (χ2v) is 6.44. The van der Waals surface area contributed by atoms with Gasteiger partial charge in [-0.1, -0.05) is 37.2 Å². The number of ether oxygens (including phenoxy) is 1. The molecule has 0 aliphatic carbocycles. The Bertz CT molecular complexity index is 715. The molecular weight excluding hydrogens is 336 g/mol. The minimum atomic E-state index is -0.0958. The standard InChI is InChI=1S/C18H24N4O2S/c1-4-6-11-24-16-9-7-8-15(12-16)19-17(23)13-25-18-21-20-14(3)22(18)10-5-2/h5,7-9,12H,2,4,6,10-11,13H2,1,3H3,(H,19,23). The summed E-state index contributed by atoms with van der Waals surface area (Å²) in [6.07, 6.45) is 3.88. The van der Waals surface area contributed by atoms with E-state index in [-0.39, 0.29) is 11.7 Å². The molecule has 1 N–H and O–H groups in total. The van der Waals surface area contributed by atoms with Crippen LogP contribution < -0.4 is 10.1 Å². The number of carbonyl (C=O) groups is 1. The monoisotopic (exact) mass is 360 g/mol. The molecule has 0 aliphatic rings. The molecule has 2 aromatic rings. The minimum absolute atomic E-state index is 0.0958. The van der Waals surface area contributed by atoms with Gasteiger partial charge in [-0.05, 0) is 25.5 Å². The Morgan fingerprint density at radius 3 is 3.04 bits per heavy atom. The molecule has 1 amide bonds. The van der Waals surface area contributed by atoms with Crippen molar-refractivity contribution in [1.82, 2.24) is 14.8 Å². The predicted octanol–water partition coefficient (Wildman–Crippen LogP) is 3.68. The van der Waals surface area contributed by atoms with E-state index >= 15 is 0 Å². The van der Waals surface area contributed by atoms with E-state index in [1.165, 1.54) is 11.8 Å². The highest BCUT2D eigenvalue weighted by Crippen LogP contribution is 2.20. The van der Waals surface area contributed by atoms with Crippen LogP contribution >= 0.6 is 11.8 Å². The number of hydrogen-bond donors (Lipinski definition) is 1. The Balaban J connectivity index is 1.88. The van der Waals surface area contributed by atoms with E-state index in [1.807, 2.05) is 35.8 Å². The highest BCUT2D eigenvalue weighted by atomic mass is 32.2. The Labute approximate surface area is 152 Å². The summed E-state index contributed by atoms with van der Waals surface area (Å²) in [6.45, 7) is 9.03. The highest BCUT2D eigenvalue weighted by molar-refractivity contribution is 7.99. The van der Waals surface area contributed by atoms with Crippen LogP contribution in [0.4, 0.5) is 5.69 Å². The van der Waals surface area contributed by atoms with E-state index in [4.69, 9.17) is 4.74 Å². The molecule has 134 valence electrons. The molecule has 2 rings (SSSR count). The molecule has 1 aromatic heterocycles. The van der Waals surface area contributed by atoms with Gasteiger partial charge in [0.05, 0.1) is 12.4 Å². The number of nitrogens with one attached hydrogen (secondary N) is 1. The van der Waals surface area contributed by atoms with Crippen molar-refractivity contribution in [2.45, 2.75) is 38.4 Å². The lowest BCUT2D eigenvalue weighted by atomic mass is 10.3. The summed E-state index contributed by atoms with van der Waals surface area (Å²) in [4.78, 5) is 12.2. The van der Waals surface area contributed by atoms with Gasteiger partial charge in [0, 0.05) is 18.3 Å². The van der Waals surface area contributed by atoms with Gasteiger partial charge >= 0.3 is 0 Å². The van der Waals surface area contributed by atoms with E-state index in [0.717, 1.165) is 30.1 Å². The zero-order valence-corrected chi connectivity index (χ0v) is 15.5. The van der Waals surface area contributed by atoms with E-state index in [0.29, 0.717) is 18.3 Å². The Hall–Kier alpha value is -2.28. The van der Waals surface area contributed by atoms with E-state index < -0.39 is 0 Å². The van der Waals surface area contributed by atoms with Crippen LogP contribution in [0.25, 0.3) is 0 Å². The first-order chi connectivity index (χ1) is 12.1. The predicted molar refractivity (Wildman–Crippen MR) is 101 cm³/mol. The summed E-state index contributed by atoms with van der Waals surface area (Å²) in [7, 11) is 0. The van der Waals surface area contributed by atoms with Crippen molar-refractivity contribution in [3.63, 3.8) is 0 Å². The number of amides is 1. The SMILES string of the molecule is C=CCn1c(C)nnc1SCC(=O)Nc1cccc(OCCCC)c1. The first-order valence-electron chi connectivity index (χ1n) is 8.30. The lowest BCUT2D eigenvalue weighted by molar-refractivity contribution is -0.113. The zero-order valence-electron chi connectivity index (χ0n) is 14.7. The summed E-state index contributed by atoms with van der Waals surface area (Å²) >= 11 is 1.35. The molecule has 0 saturated carbocycles. The molecule has 25 heavy (non-hydrogen) atoms. The number of carbonyl (C=O) groups excluding carboxylic acids is 1. The van der Waals surface area contributed by atoms with Crippen LogP contribution in [-0.4, -0.2) is 33.0 Å². The molecule has 0 radical (unpaired) electrons. The van der Waals surface area contributed by atoms with Gasteiger partial charge in [0.25, 0.3) is 0 Å². The van der Waals surface area contributed by atoms with Gasteiger partial charge in [-0.2, -0.15) is 0 Å². The highest BCUT2D eigenvalue weighted by Gasteiger charge is 2.11. The molecule has 1 aromatic carbocycles. The third-order valence-corrected chi connectivity index (χ3v) is 4.40. The maximum Gasteiger partial charge on any atom is 0.234 e. The molecular formula is C18H24N4O2S. The quantitative estimate of drug-likeness (QED) is 0.398. The molecule has 7 heteroatoms. The number of anilines is 1. The number of unbranched alkanes of at least 4 members (excludes halogenated alkanes) is 1. The number of aryl methyl sites for hydroxylation is 1. The van der Waals surface area contributed by atoms with Crippen LogP contribution in [0.5, 0.6) is 5.75 Å². The van der Waals surface area contributed by atoms with E-state index in [2.05, 4.69) is 29.0 Å². The van der Waals surface area contributed by atoms with Crippen molar-refractivity contribution < 1.29 is 9.53 Å². The third kappa shape index (κ3) is 5.94. The number of hydrogen-bond acceptors (Lipinski definition) is 5. The molecule has 1 heterocycles. The summed E-state index contributed by atoms with van der Waals surface area (Å²) in [5.74, 6) is 1.73. The smallest absolute Gasteiger partial charge is 0.234 e. The Kier molecular flexibility index (Phi) is 7.53. The normalized spacial score (nSPS) is 10.5. The number of benzene rings is 1. The average Bonchev–Trinajstić information content (AvgIpc) is 2.94. The summed E-state index contributed by atoms with van der Waals surface area (Å²) < 4.78 is 7.58. The number of nitrogens with zero attached hydrogens (tertiary/aromatic N) is 3. The molecule has 0 aliphatic heterocycles. The largest absolute Gasteiger partial charge is 0.494 e. The first kappa shape index (κ1) is 19.1. The van der Waals surface area contributed by atoms with Gasteiger partial charge in [0.15, 0.2) is 5.16 Å². The molecule has 0 fully saturated rings. The molecule has 0 spiro atoms. The second-order valence-electron chi connectivity index (χ2n) is 5.50. The number of thioether (sulfide) groups is 1. The molecule has 0 atom stereocenters. The van der Waals surface area contributed by atoms with Gasteiger partial charge in [-0.25, -0.2) is 0 Å².